The first kappa shape index (κ1) is 15.9. The van der Waals surface area contributed by atoms with Crippen LogP contribution in [0.2, 0.25) is 0 Å². The Labute approximate surface area is 123 Å². The molecule has 116 valence electrons. The predicted molar refractivity (Wildman–Crippen MR) is 74.7 cm³/mol. The lowest BCUT2D eigenvalue weighted by molar-refractivity contribution is -0.0178. The van der Waals surface area contributed by atoms with E-state index in [1.165, 1.54) is 0 Å². The van der Waals surface area contributed by atoms with E-state index < -0.39 is 17.7 Å². The zero-order valence-electron chi connectivity index (χ0n) is 12.6. The number of carbonyl (C=O) groups is 1. The fourth-order valence-electron chi connectivity index (χ4n) is 3.03. The lowest BCUT2D eigenvalue weighted by atomic mass is 9.75. The Balaban J connectivity index is 2.14. The number of carbonyl (C=O) groups excluding carboxylic acids is 1. The van der Waals surface area contributed by atoms with Crippen LogP contribution in [0, 0.1) is 29.5 Å². The van der Waals surface area contributed by atoms with E-state index in [0.29, 0.717) is 11.8 Å². The zero-order chi connectivity index (χ0) is 15.6. The molecule has 1 aromatic heterocycles. The third-order valence-corrected chi connectivity index (χ3v) is 4.29. The van der Waals surface area contributed by atoms with Crippen LogP contribution >= 0.6 is 0 Å². The van der Waals surface area contributed by atoms with Crippen molar-refractivity contribution in [2.75, 3.05) is 0 Å². The third kappa shape index (κ3) is 3.57. The largest absolute Gasteiger partial charge is 0.458 e. The van der Waals surface area contributed by atoms with Gasteiger partial charge >= 0.3 is 5.97 Å². The first-order valence-corrected chi connectivity index (χ1v) is 7.41. The average molecular weight is 297 g/mol. The molecule has 0 amide bonds. The van der Waals surface area contributed by atoms with Crippen LogP contribution in [0.1, 0.15) is 50.4 Å². The molecular weight excluding hydrogens is 276 g/mol. The number of rotatable bonds is 3. The maximum absolute atomic E-state index is 13.6. The topological polar surface area (TPSA) is 39.2 Å². The minimum atomic E-state index is -1.28. The van der Waals surface area contributed by atoms with Crippen LogP contribution in [-0.4, -0.2) is 17.1 Å². The SMILES string of the molecule is CC1CCC(C(C)C)C(OC(=O)c2ccnc(F)c2F)C1. The van der Waals surface area contributed by atoms with Gasteiger partial charge in [-0.2, -0.15) is 4.39 Å². The smallest absolute Gasteiger partial charge is 0.341 e. The molecular formula is C16H21F2NO2. The van der Waals surface area contributed by atoms with Gasteiger partial charge in [0.15, 0.2) is 5.82 Å². The highest BCUT2D eigenvalue weighted by molar-refractivity contribution is 5.89. The van der Waals surface area contributed by atoms with Gasteiger partial charge in [-0.25, -0.2) is 14.2 Å². The first-order chi connectivity index (χ1) is 9.90. The molecule has 1 aromatic rings. The quantitative estimate of drug-likeness (QED) is 0.626. The molecule has 0 radical (unpaired) electrons. The number of hydrogen-bond donors (Lipinski definition) is 0. The molecule has 1 fully saturated rings. The summed E-state index contributed by atoms with van der Waals surface area (Å²) in [5.74, 6) is -2.21. The Morgan fingerprint density at radius 3 is 2.76 bits per heavy atom. The van der Waals surface area contributed by atoms with Crippen LogP contribution < -0.4 is 0 Å². The molecule has 0 aliphatic heterocycles. The third-order valence-electron chi connectivity index (χ3n) is 4.29. The lowest BCUT2D eigenvalue weighted by Crippen LogP contribution is -2.36. The molecule has 2 rings (SSSR count). The summed E-state index contributed by atoms with van der Waals surface area (Å²) >= 11 is 0. The fraction of sp³-hybridized carbons (Fsp3) is 0.625. The van der Waals surface area contributed by atoms with E-state index in [-0.39, 0.29) is 17.6 Å². The number of pyridine rings is 1. The molecule has 0 saturated heterocycles. The van der Waals surface area contributed by atoms with Crippen molar-refractivity contribution in [3.05, 3.63) is 29.6 Å². The maximum Gasteiger partial charge on any atom is 0.341 e. The van der Waals surface area contributed by atoms with E-state index in [9.17, 15) is 13.6 Å². The van der Waals surface area contributed by atoms with E-state index in [4.69, 9.17) is 4.74 Å². The van der Waals surface area contributed by atoms with Gasteiger partial charge in [0.05, 0.1) is 0 Å². The predicted octanol–water partition coefficient (Wildman–Crippen LogP) is 3.98. The van der Waals surface area contributed by atoms with Crippen molar-refractivity contribution in [2.45, 2.75) is 46.1 Å². The highest BCUT2D eigenvalue weighted by atomic mass is 19.2. The molecule has 1 aliphatic carbocycles. The molecule has 0 aromatic carbocycles. The van der Waals surface area contributed by atoms with Crippen LogP contribution in [0.3, 0.4) is 0 Å². The number of esters is 1. The van der Waals surface area contributed by atoms with Gasteiger partial charge in [-0.1, -0.05) is 27.2 Å². The van der Waals surface area contributed by atoms with Crippen LogP contribution in [0.4, 0.5) is 8.78 Å². The molecule has 5 heteroatoms. The highest BCUT2D eigenvalue weighted by Crippen LogP contribution is 2.35. The van der Waals surface area contributed by atoms with Crippen molar-refractivity contribution >= 4 is 5.97 Å². The first-order valence-electron chi connectivity index (χ1n) is 7.41. The second kappa shape index (κ2) is 6.50. The number of halogens is 2. The summed E-state index contributed by atoms with van der Waals surface area (Å²) in [6.45, 7) is 6.30. The van der Waals surface area contributed by atoms with E-state index in [0.717, 1.165) is 31.5 Å². The number of ether oxygens (including phenoxy) is 1. The summed E-state index contributed by atoms with van der Waals surface area (Å²) < 4.78 is 32.2. The van der Waals surface area contributed by atoms with Gasteiger partial charge < -0.3 is 4.74 Å². The van der Waals surface area contributed by atoms with Crippen molar-refractivity contribution in [1.29, 1.82) is 0 Å². The molecule has 0 spiro atoms. The Hall–Kier alpha value is -1.52. The number of nitrogens with zero attached hydrogens (tertiary/aromatic N) is 1. The maximum atomic E-state index is 13.6. The molecule has 0 bridgehead atoms. The van der Waals surface area contributed by atoms with Crippen LogP contribution in [0.5, 0.6) is 0 Å². The minimum Gasteiger partial charge on any atom is -0.458 e. The van der Waals surface area contributed by atoms with E-state index in [1.54, 1.807) is 0 Å². The number of hydrogen-bond acceptors (Lipinski definition) is 3. The molecule has 21 heavy (non-hydrogen) atoms. The molecule has 3 atom stereocenters. The molecule has 3 unspecified atom stereocenters. The van der Waals surface area contributed by atoms with Crippen molar-refractivity contribution in [2.24, 2.45) is 17.8 Å². The minimum absolute atomic E-state index is 0.239. The Bertz CT molecular complexity index is 519. The summed E-state index contributed by atoms with van der Waals surface area (Å²) in [5, 5.41) is 0. The van der Waals surface area contributed by atoms with Gasteiger partial charge in [-0.05, 0) is 36.7 Å². The summed E-state index contributed by atoms with van der Waals surface area (Å²) in [5.41, 5.74) is -0.386. The average Bonchev–Trinajstić information content (AvgIpc) is 2.41. The van der Waals surface area contributed by atoms with Gasteiger partial charge in [0.1, 0.15) is 11.7 Å². The summed E-state index contributed by atoms with van der Waals surface area (Å²) in [6, 6.07) is 1.15. The van der Waals surface area contributed by atoms with E-state index in [2.05, 4.69) is 25.8 Å². The number of aromatic nitrogens is 1. The Kier molecular flexibility index (Phi) is 4.91. The van der Waals surface area contributed by atoms with E-state index >= 15 is 0 Å². The molecule has 1 saturated carbocycles. The molecule has 3 nitrogen and oxygen atoms in total. The Morgan fingerprint density at radius 1 is 1.38 bits per heavy atom. The lowest BCUT2D eigenvalue weighted by Gasteiger charge is -2.36. The van der Waals surface area contributed by atoms with Gasteiger partial charge in [0.2, 0.25) is 5.95 Å². The normalized spacial score (nSPS) is 25.9. The monoisotopic (exact) mass is 297 g/mol. The highest BCUT2D eigenvalue weighted by Gasteiger charge is 2.34. The summed E-state index contributed by atoms with van der Waals surface area (Å²) in [6.07, 6.45) is 3.69. The van der Waals surface area contributed by atoms with Crippen LogP contribution in [0.15, 0.2) is 12.3 Å². The summed E-state index contributed by atoms with van der Waals surface area (Å²) in [4.78, 5) is 15.3. The van der Waals surface area contributed by atoms with Gasteiger partial charge in [-0.3, -0.25) is 0 Å². The van der Waals surface area contributed by atoms with Crippen molar-refractivity contribution in [1.82, 2.24) is 4.98 Å². The fourth-order valence-corrected chi connectivity index (χ4v) is 3.03. The van der Waals surface area contributed by atoms with Gasteiger partial charge in [0.25, 0.3) is 0 Å². The van der Waals surface area contributed by atoms with Crippen LogP contribution in [0.25, 0.3) is 0 Å². The van der Waals surface area contributed by atoms with Gasteiger partial charge in [0, 0.05) is 6.20 Å². The van der Waals surface area contributed by atoms with Crippen molar-refractivity contribution < 1.29 is 18.3 Å². The molecule has 1 aliphatic rings. The van der Waals surface area contributed by atoms with Crippen molar-refractivity contribution in [3.8, 4) is 0 Å². The van der Waals surface area contributed by atoms with E-state index in [1.807, 2.05) is 0 Å². The standard InChI is InChI=1S/C16H21F2NO2/c1-9(2)11-5-4-10(3)8-13(11)21-16(20)12-6-7-19-15(18)14(12)17/h6-7,9-11,13H,4-5,8H2,1-3H3. The summed E-state index contributed by atoms with van der Waals surface area (Å²) in [7, 11) is 0. The van der Waals surface area contributed by atoms with Crippen molar-refractivity contribution in [3.63, 3.8) is 0 Å². The molecule has 1 heterocycles. The Morgan fingerprint density at radius 2 is 2.10 bits per heavy atom. The van der Waals surface area contributed by atoms with Gasteiger partial charge in [-0.15, -0.1) is 0 Å². The second-order valence-corrected chi connectivity index (χ2v) is 6.23. The zero-order valence-corrected chi connectivity index (χ0v) is 12.6. The van der Waals surface area contributed by atoms with Crippen LogP contribution in [-0.2, 0) is 4.74 Å². The second-order valence-electron chi connectivity index (χ2n) is 6.23. The molecule has 0 N–H and O–H groups in total.